The van der Waals surface area contributed by atoms with Crippen LogP contribution in [0, 0.1) is 0 Å². The third-order valence-electron chi connectivity index (χ3n) is 3.35. The molecule has 2 aromatic rings. The van der Waals surface area contributed by atoms with Crippen LogP contribution in [-0.4, -0.2) is 36.1 Å². The van der Waals surface area contributed by atoms with Gasteiger partial charge in [0.25, 0.3) is 0 Å². The van der Waals surface area contributed by atoms with Crippen molar-refractivity contribution < 1.29 is 4.74 Å². The second-order valence-corrected chi connectivity index (χ2v) is 6.35. The first kappa shape index (κ1) is 18.2. The Morgan fingerprint density at radius 2 is 2.17 bits per heavy atom. The van der Waals surface area contributed by atoms with E-state index in [0.717, 1.165) is 42.5 Å². The summed E-state index contributed by atoms with van der Waals surface area (Å²) in [5.74, 6) is 1.41. The number of thiazole rings is 1. The van der Waals surface area contributed by atoms with Gasteiger partial charge in [-0.15, -0.1) is 11.3 Å². The fraction of sp³-hybridized carbons (Fsp3) is 0.471. The number of hydrogen-bond donors (Lipinski definition) is 2. The summed E-state index contributed by atoms with van der Waals surface area (Å²) in [4.78, 5) is 14.5. The average molecular weight is 347 g/mol. The van der Waals surface area contributed by atoms with Gasteiger partial charge in [-0.2, -0.15) is 0 Å². The highest BCUT2D eigenvalue weighted by molar-refractivity contribution is 7.11. The summed E-state index contributed by atoms with van der Waals surface area (Å²) < 4.78 is 5.14. The molecule has 2 heterocycles. The zero-order chi connectivity index (χ0) is 17.2. The largest absolute Gasteiger partial charge is 0.481 e. The van der Waals surface area contributed by atoms with Gasteiger partial charge in [0.2, 0.25) is 5.88 Å². The predicted octanol–water partition coefficient (Wildman–Crippen LogP) is 2.41. The van der Waals surface area contributed by atoms with Crippen molar-refractivity contribution >= 4 is 17.3 Å². The lowest BCUT2D eigenvalue weighted by Gasteiger charge is -2.10. The Balaban J connectivity index is 1.87. The Kier molecular flexibility index (Phi) is 7.48. The monoisotopic (exact) mass is 347 g/mol. The number of aryl methyl sites for hydroxylation is 1. The first-order chi connectivity index (χ1) is 11.7. The van der Waals surface area contributed by atoms with Crippen molar-refractivity contribution in [1.29, 1.82) is 0 Å². The normalized spacial score (nSPS) is 11.4. The van der Waals surface area contributed by atoms with Crippen LogP contribution in [0.3, 0.4) is 0 Å². The minimum atomic E-state index is 0.575. The number of rotatable bonds is 8. The molecule has 0 unspecified atom stereocenters. The molecule has 24 heavy (non-hydrogen) atoms. The maximum Gasteiger partial charge on any atom is 0.213 e. The van der Waals surface area contributed by atoms with Crippen molar-refractivity contribution in [2.75, 3.05) is 20.2 Å². The van der Waals surface area contributed by atoms with Crippen molar-refractivity contribution in [3.63, 3.8) is 0 Å². The van der Waals surface area contributed by atoms with E-state index in [0.29, 0.717) is 12.4 Å². The van der Waals surface area contributed by atoms with Gasteiger partial charge in [-0.3, -0.25) is 0 Å². The molecule has 0 bridgehead atoms. The van der Waals surface area contributed by atoms with E-state index in [1.807, 2.05) is 18.3 Å². The first-order valence-corrected chi connectivity index (χ1v) is 9.01. The van der Waals surface area contributed by atoms with Crippen LogP contribution in [0.1, 0.15) is 29.3 Å². The lowest BCUT2D eigenvalue weighted by Crippen LogP contribution is -2.38. The standard InChI is InChI=1S/C17H25N5OS/c1-4-14-12-21-16(24-14)7-9-20-17(18-5-2)22-11-13-6-8-19-15(10-13)23-3/h6,8,10,12H,4-5,7,9,11H2,1-3H3,(H2,18,20,22). The molecule has 2 rings (SSSR count). The average Bonchev–Trinajstić information content (AvgIpc) is 3.08. The van der Waals surface area contributed by atoms with Crippen molar-refractivity contribution in [1.82, 2.24) is 20.6 Å². The van der Waals surface area contributed by atoms with Crippen LogP contribution in [0.2, 0.25) is 0 Å². The molecule has 0 aliphatic rings. The Bertz CT molecular complexity index is 656. The molecule has 0 amide bonds. The highest BCUT2D eigenvalue weighted by atomic mass is 32.1. The maximum absolute atomic E-state index is 5.14. The van der Waals surface area contributed by atoms with Crippen molar-refractivity contribution in [3.8, 4) is 5.88 Å². The smallest absolute Gasteiger partial charge is 0.213 e. The molecular formula is C17H25N5OS. The molecule has 0 saturated carbocycles. The molecule has 6 nitrogen and oxygen atoms in total. The zero-order valence-electron chi connectivity index (χ0n) is 14.5. The number of nitrogens with one attached hydrogen (secondary N) is 2. The zero-order valence-corrected chi connectivity index (χ0v) is 15.3. The van der Waals surface area contributed by atoms with Crippen LogP contribution in [-0.2, 0) is 19.4 Å². The number of aliphatic imine (C=N–C) groups is 1. The van der Waals surface area contributed by atoms with Crippen molar-refractivity contribution in [3.05, 3.63) is 40.0 Å². The van der Waals surface area contributed by atoms with E-state index in [4.69, 9.17) is 4.74 Å². The van der Waals surface area contributed by atoms with Crippen LogP contribution in [0.4, 0.5) is 0 Å². The van der Waals surface area contributed by atoms with Gasteiger partial charge < -0.3 is 15.4 Å². The van der Waals surface area contributed by atoms with Gasteiger partial charge in [-0.25, -0.2) is 15.0 Å². The maximum atomic E-state index is 5.14. The molecule has 0 aliphatic heterocycles. The fourth-order valence-electron chi connectivity index (χ4n) is 2.09. The minimum absolute atomic E-state index is 0.575. The van der Waals surface area contributed by atoms with Crippen LogP contribution in [0.5, 0.6) is 5.88 Å². The second kappa shape index (κ2) is 9.87. The summed E-state index contributed by atoms with van der Waals surface area (Å²) in [6.45, 7) is 6.41. The molecular weight excluding hydrogens is 322 g/mol. The lowest BCUT2D eigenvalue weighted by molar-refractivity contribution is 0.397. The first-order valence-electron chi connectivity index (χ1n) is 8.19. The summed E-state index contributed by atoms with van der Waals surface area (Å²) in [6.07, 6.45) is 5.65. The highest BCUT2D eigenvalue weighted by Gasteiger charge is 2.02. The predicted molar refractivity (Wildman–Crippen MR) is 98.8 cm³/mol. The summed E-state index contributed by atoms with van der Waals surface area (Å²) in [6, 6.07) is 3.84. The van der Waals surface area contributed by atoms with Crippen LogP contribution in [0.15, 0.2) is 29.5 Å². The highest BCUT2D eigenvalue weighted by Crippen LogP contribution is 2.13. The summed E-state index contributed by atoms with van der Waals surface area (Å²) in [5.41, 5.74) is 1.06. The van der Waals surface area contributed by atoms with Crippen LogP contribution in [0.25, 0.3) is 0 Å². The number of ether oxygens (including phenoxy) is 1. The number of nitrogens with zero attached hydrogens (tertiary/aromatic N) is 3. The Morgan fingerprint density at radius 1 is 1.29 bits per heavy atom. The quantitative estimate of drug-likeness (QED) is 0.567. The molecule has 0 atom stereocenters. The molecule has 0 aromatic carbocycles. The van der Waals surface area contributed by atoms with Gasteiger partial charge in [-0.1, -0.05) is 6.92 Å². The molecule has 0 spiro atoms. The van der Waals surface area contributed by atoms with Crippen LogP contribution >= 0.6 is 11.3 Å². The molecule has 7 heteroatoms. The number of aromatic nitrogens is 2. The molecule has 2 N–H and O–H groups in total. The Morgan fingerprint density at radius 3 is 2.88 bits per heavy atom. The molecule has 0 saturated heterocycles. The van der Waals surface area contributed by atoms with Gasteiger partial charge >= 0.3 is 0 Å². The molecule has 0 radical (unpaired) electrons. The van der Waals surface area contributed by atoms with Gasteiger partial charge in [0, 0.05) is 42.8 Å². The van der Waals surface area contributed by atoms with E-state index in [9.17, 15) is 0 Å². The van der Waals surface area contributed by atoms with E-state index in [-0.39, 0.29) is 0 Å². The van der Waals surface area contributed by atoms with E-state index < -0.39 is 0 Å². The minimum Gasteiger partial charge on any atom is -0.481 e. The Hall–Kier alpha value is -2.15. The van der Waals surface area contributed by atoms with Gasteiger partial charge in [0.1, 0.15) is 0 Å². The summed E-state index contributed by atoms with van der Waals surface area (Å²) >= 11 is 1.78. The van der Waals surface area contributed by atoms with Gasteiger partial charge in [-0.05, 0) is 25.0 Å². The van der Waals surface area contributed by atoms with Gasteiger partial charge in [0.15, 0.2) is 5.96 Å². The summed E-state index contributed by atoms with van der Waals surface area (Å²) in [7, 11) is 1.61. The van der Waals surface area contributed by atoms with Crippen LogP contribution < -0.4 is 15.4 Å². The number of pyridine rings is 1. The van der Waals surface area contributed by atoms with E-state index in [1.54, 1.807) is 24.6 Å². The van der Waals surface area contributed by atoms with E-state index >= 15 is 0 Å². The Labute approximate surface area is 147 Å². The molecule has 130 valence electrons. The molecule has 0 fully saturated rings. The van der Waals surface area contributed by atoms with Gasteiger partial charge in [0.05, 0.1) is 18.7 Å². The topological polar surface area (TPSA) is 71.4 Å². The summed E-state index contributed by atoms with van der Waals surface area (Å²) in [5, 5.41) is 7.77. The van der Waals surface area contributed by atoms with Crippen molar-refractivity contribution in [2.45, 2.75) is 33.2 Å². The molecule has 0 aliphatic carbocycles. The lowest BCUT2D eigenvalue weighted by atomic mass is 10.3. The third-order valence-corrected chi connectivity index (χ3v) is 4.56. The molecule has 2 aromatic heterocycles. The van der Waals surface area contributed by atoms with Crippen molar-refractivity contribution in [2.24, 2.45) is 4.99 Å². The number of methoxy groups -OCH3 is 1. The van der Waals surface area contributed by atoms with E-state index in [1.165, 1.54) is 4.88 Å². The second-order valence-electron chi connectivity index (χ2n) is 5.15. The number of hydrogen-bond acceptors (Lipinski definition) is 5. The third kappa shape index (κ3) is 5.81. The number of guanidine groups is 1. The van der Waals surface area contributed by atoms with E-state index in [2.05, 4.69) is 39.4 Å². The fourth-order valence-corrected chi connectivity index (χ4v) is 2.95. The SMILES string of the molecule is CCNC(=NCc1ccnc(OC)c1)NCCc1ncc(CC)s1.